The van der Waals surface area contributed by atoms with E-state index in [0.717, 1.165) is 44.4 Å². The first kappa shape index (κ1) is 18.8. The summed E-state index contributed by atoms with van der Waals surface area (Å²) in [7, 11) is 1.88. The van der Waals surface area contributed by atoms with E-state index in [1.807, 2.05) is 7.05 Å². The summed E-state index contributed by atoms with van der Waals surface area (Å²) in [6.45, 7) is 8.47. The van der Waals surface area contributed by atoms with Gasteiger partial charge in [0, 0.05) is 38.9 Å². The number of aliphatic imine (C=N–C) groups is 1. The molecular weight excluding hydrogens is 314 g/mol. The predicted octanol–water partition coefficient (Wildman–Crippen LogP) is 1.79. The SMILES string of the molecule is CCNC(=NCc1ncnn1C)NCCCN(CC)c1ccccc1. The van der Waals surface area contributed by atoms with Gasteiger partial charge in [0.05, 0.1) is 0 Å². The van der Waals surface area contributed by atoms with Gasteiger partial charge in [-0.3, -0.25) is 4.68 Å². The van der Waals surface area contributed by atoms with Crippen molar-refractivity contribution in [2.75, 3.05) is 31.1 Å². The fourth-order valence-electron chi connectivity index (χ4n) is 2.54. The van der Waals surface area contributed by atoms with Crippen molar-refractivity contribution in [3.05, 3.63) is 42.5 Å². The molecule has 0 aliphatic heterocycles. The molecule has 0 amide bonds. The van der Waals surface area contributed by atoms with E-state index in [9.17, 15) is 0 Å². The Hall–Kier alpha value is -2.57. The second-order valence-electron chi connectivity index (χ2n) is 5.69. The molecule has 0 saturated carbocycles. The molecule has 0 fully saturated rings. The van der Waals surface area contributed by atoms with Crippen LogP contribution in [0, 0.1) is 0 Å². The van der Waals surface area contributed by atoms with Gasteiger partial charge in [-0.05, 0) is 32.4 Å². The summed E-state index contributed by atoms with van der Waals surface area (Å²) in [5, 5.41) is 10.7. The molecule has 0 atom stereocenters. The van der Waals surface area contributed by atoms with Crippen molar-refractivity contribution >= 4 is 11.6 Å². The lowest BCUT2D eigenvalue weighted by Crippen LogP contribution is -2.39. The molecule has 0 spiro atoms. The molecule has 7 nitrogen and oxygen atoms in total. The van der Waals surface area contributed by atoms with E-state index in [-0.39, 0.29) is 0 Å². The second kappa shape index (κ2) is 10.3. The number of hydrogen-bond acceptors (Lipinski definition) is 4. The number of hydrogen-bond donors (Lipinski definition) is 2. The first-order chi connectivity index (χ1) is 12.2. The molecule has 0 bridgehead atoms. The van der Waals surface area contributed by atoms with Gasteiger partial charge >= 0.3 is 0 Å². The zero-order valence-electron chi connectivity index (χ0n) is 15.4. The normalized spacial score (nSPS) is 11.4. The third-order valence-corrected chi connectivity index (χ3v) is 3.93. The highest BCUT2D eigenvalue weighted by molar-refractivity contribution is 5.79. The molecule has 136 valence electrons. The van der Waals surface area contributed by atoms with Crippen LogP contribution in [0.25, 0.3) is 0 Å². The summed E-state index contributed by atoms with van der Waals surface area (Å²) in [4.78, 5) is 11.1. The van der Waals surface area contributed by atoms with Gasteiger partial charge in [-0.25, -0.2) is 9.98 Å². The molecule has 0 unspecified atom stereocenters. The van der Waals surface area contributed by atoms with Crippen molar-refractivity contribution in [2.24, 2.45) is 12.0 Å². The Labute approximate surface area is 150 Å². The second-order valence-corrected chi connectivity index (χ2v) is 5.69. The minimum Gasteiger partial charge on any atom is -0.372 e. The zero-order valence-corrected chi connectivity index (χ0v) is 15.4. The molecular formula is C18H29N7. The molecule has 2 rings (SSSR count). The maximum Gasteiger partial charge on any atom is 0.191 e. The Kier molecular flexibility index (Phi) is 7.75. The number of nitrogens with one attached hydrogen (secondary N) is 2. The molecule has 0 aliphatic carbocycles. The number of rotatable bonds is 9. The van der Waals surface area contributed by atoms with Crippen LogP contribution in [0.3, 0.4) is 0 Å². The smallest absolute Gasteiger partial charge is 0.191 e. The molecule has 2 aromatic rings. The largest absolute Gasteiger partial charge is 0.372 e. The van der Waals surface area contributed by atoms with Crippen LogP contribution in [0.15, 0.2) is 41.7 Å². The van der Waals surface area contributed by atoms with Crippen LogP contribution in [0.1, 0.15) is 26.1 Å². The predicted molar refractivity (Wildman–Crippen MR) is 103 cm³/mol. The summed E-state index contributed by atoms with van der Waals surface area (Å²) < 4.78 is 1.74. The lowest BCUT2D eigenvalue weighted by Gasteiger charge is -2.23. The molecule has 7 heteroatoms. The van der Waals surface area contributed by atoms with Gasteiger partial charge in [0.1, 0.15) is 18.7 Å². The van der Waals surface area contributed by atoms with Crippen LogP contribution in [0.5, 0.6) is 0 Å². The van der Waals surface area contributed by atoms with Crippen molar-refractivity contribution in [1.82, 2.24) is 25.4 Å². The first-order valence-corrected chi connectivity index (χ1v) is 8.89. The summed E-state index contributed by atoms with van der Waals surface area (Å²) in [5.41, 5.74) is 1.27. The molecule has 1 heterocycles. The lowest BCUT2D eigenvalue weighted by molar-refractivity contribution is 0.689. The number of aryl methyl sites for hydroxylation is 1. The van der Waals surface area contributed by atoms with Crippen molar-refractivity contribution in [3.8, 4) is 0 Å². The minimum atomic E-state index is 0.511. The summed E-state index contributed by atoms with van der Waals surface area (Å²) in [6.07, 6.45) is 2.59. The van der Waals surface area contributed by atoms with Gasteiger partial charge in [0.25, 0.3) is 0 Å². The van der Waals surface area contributed by atoms with E-state index < -0.39 is 0 Å². The monoisotopic (exact) mass is 343 g/mol. The maximum atomic E-state index is 4.57. The highest BCUT2D eigenvalue weighted by Crippen LogP contribution is 2.12. The number of aromatic nitrogens is 3. The van der Waals surface area contributed by atoms with E-state index in [1.54, 1.807) is 11.0 Å². The quantitative estimate of drug-likeness (QED) is 0.413. The Morgan fingerprint density at radius 1 is 1.20 bits per heavy atom. The summed E-state index contributed by atoms with van der Waals surface area (Å²) in [6, 6.07) is 10.5. The number of guanidine groups is 1. The van der Waals surface area contributed by atoms with Crippen LogP contribution in [-0.4, -0.2) is 46.9 Å². The number of anilines is 1. The Morgan fingerprint density at radius 2 is 2.00 bits per heavy atom. The van der Waals surface area contributed by atoms with E-state index >= 15 is 0 Å². The van der Waals surface area contributed by atoms with Crippen molar-refractivity contribution < 1.29 is 0 Å². The molecule has 0 aliphatic rings. The number of benzene rings is 1. The Morgan fingerprint density at radius 3 is 2.64 bits per heavy atom. The van der Waals surface area contributed by atoms with Crippen LogP contribution >= 0.6 is 0 Å². The third kappa shape index (κ3) is 6.10. The van der Waals surface area contributed by atoms with Gasteiger partial charge in [0.2, 0.25) is 0 Å². The molecule has 0 radical (unpaired) electrons. The van der Waals surface area contributed by atoms with E-state index in [1.165, 1.54) is 5.69 Å². The van der Waals surface area contributed by atoms with Gasteiger partial charge in [-0.2, -0.15) is 5.10 Å². The highest BCUT2D eigenvalue weighted by atomic mass is 15.3. The van der Waals surface area contributed by atoms with Gasteiger partial charge in [-0.15, -0.1) is 0 Å². The van der Waals surface area contributed by atoms with Gasteiger partial charge in [0.15, 0.2) is 5.96 Å². The third-order valence-electron chi connectivity index (χ3n) is 3.93. The fraction of sp³-hybridized carbons (Fsp3) is 0.500. The maximum absolute atomic E-state index is 4.57. The number of nitrogens with zero attached hydrogens (tertiary/aromatic N) is 5. The van der Waals surface area contributed by atoms with Crippen molar-refractivity contribution in [3.63, 3.8) is 0 Å². The minimum absolute atomic E-state index is 0.511. The number of para-hydroxylation sites is 1. The average molecular weight is 343 g/mol. The van der Waals surface area contributed by atoms with E-state index in [4.69, 9.17) is 0 Å². The first-order valence-electron chi connectivity index (χ1n) is 8.89. The zero-order chi connectivity index (χ0) is 17.9. The Bertz CT molecular complexity index is 636. The molecule has 2 N–H and O–H groups in total. The fourth-order valence-corrected chi connectivity index (χ4v) is 2.54. The topological polar surface area (TPSA) is 70.4 Å². The van der Waals surface area contributed by atoms with Crippen LogP contribution < -0.4 is 15.5 Å². The average Bonchev–Trinajstić information content (AvgIpc) is 3.05. The molecule has 1 aromatic carbocycles. The molecule has 1 aromatic heterocycles. The van der Waals surface area contributed by atoms with Gasteiger partial charge < -0.3 is 15.5 Å². The highest BCUT2D eigenvalue weighted by Gasteiger charge is 2.04. The van der Waals surface area contributed by atoms with E-state index in [0.29, 0.717) is 6.54 Å². The molecule has 0 saturated heterocycles. The molecule has 25 heavy (non-hydrogen) atoms. The Balaban J connectivity index is 1.79. The van der Waals surface area contributed by atoms with Gasteiger partial charge in [-0.1, -0.05) is 18.2 Å². The summed E-state index contributed by atoms with van der Waals surface area (Å²) in [5.74, 6) is 1.66. The van der Waals surface area contributed by atoms with Crippen molar-refractivity contribution in [2.45, 2.75) is 26.8 Å². The van der Waals surface area contributed by atoms with Crippen molar-refractivity contribution in [1.29, 1.82) is 0 Å². The van der Waals surface area contributed by atoms with Crippen LogP contribution in [0.2, 0.25) is 0 Å². The van der Waals surface area contributed by atoms with Crippen LogP contribution in [-0.2, 0) is 13.6 Å². The standard InChI is InChI=1S/C18H29N7/c1-4-19-18(21-14-17-22-15-23-24(17)3)20-12-9-13-25(5-2)16-10-7-6-8-11-16/h6-8,10-11,15H,4-5,9,12-14H2,1-3H3,(H2,19,20,21). The van der Waals surface area contributed by atoms with E-state index in [2.05, 4.69) is 74.8 Å². The lowest BCUT2D eigenvalue weighted by atomic mass is 10.2. The van der Waals surface area contributed by atoms with Crippen LogP contribution in [0.4, 0.5) is 5.69 Å². The summed E-state index contributed by atoms with van der Waals surface area (Å²) >= 11 is 0.